The number of rotatable bonds is 5. The average Bonchev–Trinajstić information content (AvgIpc) is 3.45. The SMILES string of the molecule is Cc1ccc(OC2CNC2)cc1C(=O)NC1(c2cccc3ccccc23)CC1. The molecule has 0 bridgehead atoms. The molecule has 2 fully saturated rings. The second kappa shape index (κ2) is 6.64. The first-order chi connectivity index (χ1) is 13.6. The number of benzene rings is 3. The summed E-state index contributed by atoms with van der Waals surface area (Å²) < 4.78 is 5.94. The summed E-state index contributed by atoms with van der Waals surface area (Å²) in [4.78, 5) is 13.2. The second-order valence-corrected chi connectivity index (χ2v) is 7.94. The molecule has 0 aromatic heterocycles. The quantitative estimate of drug-likeness (QED) is 0.714. The Kier molecular flexibility index (Phi) is 4.09. The van der Waals surface area contributed by atoms with Crippen LogP contribution in [-0.4, -0.2) is 25.1 Å². The molecule has 142 valence electrons. The zero-order valence-electron chi connectivity index (χ0n) is 16.0. The van der Waals surface area contributed by atoms with Gasteiger partial charge in [0.25, 0.3) is 5.91 Å². The average molecular weight is 372 g/mol. The van der Waals surface area contributed by atoms with Crippen molar-refractivity contribution >= 4 is 16.7 Å². The van der Waals surface area contributed by atoms with Crippen LogP contribution in [0, 0.1) is 6.92 Å². The van der Waals surface area contributed by atoms with Gasteiger partial charge in [-0.2, -0.15) is 0 Å². The van der Waals surface area contributed by atoms with E-state index in [9.17, 15) is 4.79 Å². The van der Waals surface area contributed by atoms with Gasteiger partial charge in [-0.05, 0) is 53.8 Å². The minimum absolute atomic E-state index is 0.0277. The highest BCUT2D eigenvalue weighted by Crippen LogP contribution is 2.48. The number of ether oxygens (including phenoxy) is 1. The smallest absolute Gasteiger partial charge is 0.252 e. The Morgan fingerprint density at radius 1 is 1.07 bits per heavy atom. The number of amides is 1. The van der Waals surface area contributed by atoms with E-state index in [4.69, 9.17) is 4.74 Å². The number of nitrogens with one attached hydrogen (secondary N) is 2. The highest BCUT2D eigenvalue weighted by atomic mass is 16.5. The fourth-order valence-corrected chi connectivity index (χ4v) is 3.97. The third-order valence-corrected chi connectivity index (χ3v) is 5.91. The van der Waals surface area contributed by atoms with Crippen LogP contribution in [0.1, 0.15) is 34.3 Å². The van der Waals surface area contributed by atoms with Crippen molar-refractivity contribution in [3.63, 3.8) is 0 Å². The van der Waals surface area contributed by atoms with E-state index in [1.807, 2.05) is 25.1 Å². The van der Waals surface area contributed by atoms with Crippen LogP contribution < -0.4 is 15.4 Å². The van der Waals surface area contributed by atoms with Gasteiger partial charge in [0.1, 0.15) is 11.9 Å². The summed E-state index contributed by atoms with van der Waals surface area (Å²) in [5, 5.41) is 8.96. The fourth-order valence-electron chi connectivity index (χ4n) is 3.97. The van der Waals surface area contributed by atoms with Crippen molar-refractivity contribution < 1.29 is 9.53 Å². The van der Waals surface area contributed by atoms with E-state index in [1.165, 1.54) is 16.3 Å². The van der Waals surface area contributed by atoms with Crippen molar-refractivity contribution in [2.24, 2.45) is 0 Å². The van der Waals surface area contributed by atoms with E-state index in [1.54, 1.807) is 0 Å². The number of carbonyl (C=O) groups excluding carboxylic acids is 1. The van der Waals surface area contributed by atoms with Gasteiger partial charge in [0.2, 0.25) is 0 Å². The fraction of sp³-hybridized carbons (Fsp3) is 0.292. The Balaban J connectivity index is 1.42. The van der Waals surface area contributed by atoms with Crippen molar-refractivity contribution in [1.82, 2.24) is 10.6 Å². The lowest BCUT2D eigenvalue weighted by molar-refractivity contribution is 0.0928. The monoisotopic (exact) mass is 372 g/mol. The molecule has 1 heterocycles. The van der Waals surface area contributed by atoms with Crippen LogP contribution >= 0.6 is 0 Å². The number of hydrogen-bond donors (Lipinski definition) is 2. The Morgan fingerprint density at radius 3 is 2.61 bits per heavy atom. The van der Waals surface area contributed by atoms with Crippen molar-refractivity contribution in [3.8, 4) is 5.75 Å². The van der Waals surface area contributed by atoms with E-state index in [-0.39, 0.29) is 17.6 Å². The molecule has 28 heavy (non-hydrogen) atoms. The third-order valence-electron chi connectivity index (χ3n) is 5.91. The molecular weight excluding hydrogens is 348 g/mol. The molecule has 1 saturated carbocycles. The van der Waals surface area contributed by atoms with Crippen molar-refractivity contribution in [2.75, 3.05) is 13.1 Å². The minimum atomic E-state index is -0.265. The summed E-state index contributed by atoms with van der Waals surface area (Å²) in [7, 11) is 0. The molecule has 3 aromatic carbocycles. The zero-order valence-corrected chi connectivity index (χ0v) is 16.0. The van der Waals surface area contributed by atoms with E-state index >= 15 is 0 Å². The van der Waals surface area contributed by atoms with Crippen LogP contribution in [0.15, 0.2) is 60.7 Å². The summed E-state index contributed by atoms with van der Waals surface area (Å²) in [5.41, 5.74) is 2.60. The predicted octanol–water partition coefficient (Wildman–Crippen LogP) is 3.92. The summed E-state index contributed by atoms with van der Waals surface area (Å²) in [5.74, 6) is 0.734. The molecule has 1 amide bonds. The maximum atomic E-state index is 13.2. The molecule has 1 aliphatic carbocycles. The van der Waals surface area contributed by atoms with Gasteiger partial charge in [-0.1, -0.05) is 48.5 Å². The van der Waals surface area contributed by atoms with Gasteiger partial charge in [0.05, 0.1) is 5.54 Å². The molecule has 2 aliphatic rings. The molecule has 0 unspecified atom stereocenters. The van der Waals surface area contributed by atoms with Crippen LogP contribution in [0.2, 0.25) is 0 Å². The van der Waals surface area contributed by atoms with Gasteiger partial charge < -0.3 is 15.4 Å². The van der Waals surface area contributed by atoms with Gasteiger partial charge in [0.15, 0.2) is 0 Å². The Bertz CT molecular complexity index is 1050. The van der Waals surface area contributed by atoms with Gasteiger partial charge in [0, 0.05) is 18.7 Å². The number of fused-ring (bicyclic) bond motifs is 1. The van der Waals surface area contributed by atoms with Crippen molar-refractivity contribution in [2.45, 2.75) is 31.4 Å². The Morgan fingerprint density at radius 2 is 1.86 bits per heavy atom. The van der Waals surface area contributed by atoms with Crippen LogP contribution in [-0.2, 0) is 5.54 Å². The maximum Gasteiger partial charge on any atom is 0.252 e. The summed E-state index contributed by atoms with van der Waals surface area (Å²) in [6.45, 7) is 3.69. The summed E-state index contributed by atoms with van der Waals surface area (Å²) in [6, 6.07) is 20.5. The molecule has 3 aromatic rings. The second-order valence-electron chi connectivity index (χ2n) is 7.94. The largest absolute Gasteiger partial charge is 0.488 e. The van der Waals surface area contributed by atoms with Gasteiger partial charge in [-0.3, -0.25) is 4.79 Å². The third kappa shape index (κ3) is 3.04. The lowest BCUT2D eigenvalue weighted by Gasteiger charge is -2.28. The molecule has 1 saturated heterocycles. The molecular formula is C24H24N2O2. The van der Waals surface area contributed by atoms with Gasteiger partial charge in [-0.25, -0.2) is 0 Å². The van der Waals surface area contributed by atoms with Crippen LogP contribution in [0.25, 0.3) is 10.8 Å². The standard InChI is InChI=1S/C24H24N2O2/c1-16-9-10-18(28-19-14-25-15-19)13-21(16)23(27)26-24(11-12-24)22-8-4-6-17-5-2-3-7-20(17)22/h2-10,13,19,25H,11-12,14-15H2,1H3,(H,26,27). The molecule has 0 radical (unpaired) electrons. The summed E-state index contributed by atoms with van der Waals surface area (Å²) >= 11 is 0. The van der Waals surface area contributed by atoms with Gasteiger partial charge in [-0.15, -0.1) is 0 Å². The Labute approximate surface area is 164 Å². The first-order valence-corrected chi connectivity index (χ1v) is 9.93. The first-order valence-electron chi connectivity index (χ1n) is 9.93. The van der Waals surface area contributed by atoms with E-state index in [0.717, 1.165) is 37.2 Å². The van der Waals surface area contributed by atoms with Crippen LogP contribution in [0.3, 0.4) is 0 Å². The topological polar surface area (TPSA) is 50.4 Å². The van der Waals surface area contributed by atoms with E-state index in [2.05, 4.69) is 53.1 Å². The Hall–Kier alpha value is -2.85. The number of hydrogen-bond acceptors (Lipinski definition) is 3. The molecule has 4 heteroatoms. The molecule has 2 N–H and O–H groups in total. The minimum Gasteiger partial charge on any atom is -0.488 e. The molecule has 4 nitrogen and oxygen atoms in total. The van der Waals surface area contributed by atoms with Crippen molar-refractivity contribution in [1.29, 1.82) is 0 Å². The van der Waals surface area contributed by atoms with E-state index in [0.29, 0.717) is 5.56 Å². The van der Waals surface area contributed by atoms with Crippen LogP contribution in [0.5, 0.6) is 5.75 Å². The van der Waals surface area contributed by atoms with E-state index < -0.39 is 0 Å². The van der Waals surface area contributed by atoms with Crippen molar-refractivity contribution in [3.05, 3.63) is 77.4 Å². The normalized spacial score (nSPS) is 17.8. The lowest BCUT2D eigenvalue weighted by Crippen LogP contribution is -2.50. The molecule has 0 atom stereocenters. The maximum absolute atomic E-state index is 13.2. The van der Waals surface area contributed by atoms with Crippen LogP contribution in [0.4, 0.5) is 0 Å². The predicted molar refractivity (Wildman–Crippen MR) is 111 cm³/mol. The molecule has 1 aliphatic heterocycles. The summed E-state index contributed by atoms with van der Waals surface area (Å²) in [6.07, 6.45) is 2.13. The highest BCUT2D eigenvalue weighted by Gasteiger charge is 2.46. The zero-order chi connectivity index (χ0) is 19.1. The highest BCUT2D eigenvalue weighted by molar-refractivity contribution is 5.97. The molecule has 0 spiro atoms. The first kappa shape index (κ1) is 17.3. The molecule has 5 rings (SSSR count). The lowest BCUT2D eigenvalue weighted by atomic mass is 9.96. The number of aryl methyl sites for hydroxylation is 1. The van der Waals surface area contributed by atoms with Gasteiger partial charge >= 0.3 is 0 Å². The number of carbonyl (C=O) groups is 1.